The highest BCUT2D eigenvalue weighted by molar-refractivity contribution is 7.99. The summed E-state index contributed by atoms with van der Waals surface area (Å²) in [5, 5.41) is 1.15. The third-order valence-corrected chi connectivity index (χ3v) is 5.18. The highest BCUT2D eigenvalue weighted by atomic mass is 32.2. The molecule has 3 aromatic rings. The van der Waals surface area contributed by atoms with Gasteiger partial charge in [-0.1, -0.05) is 6.07 Å². The smallest absolute Gasteiger partial charge is 0.161 e. The molecule has 3 rings (SSSR count). The van der Waals surface area contributed by atoms with Gasteiger partial charge in [-0.3, -0.25) is 0 Å². The normalized spacial score (nSPS) is 11.1. The van der Waals surface area contributed by atoms with Crippen LogP contribution >= 0.6 is 11.8 Å². The zero-order chi connectivity index (χ0) is 18.5. The fourth-order valence-electron chi connectivity index (χ4n) is 3.07. The molecular formula is C21H24O4S. The first-order valence-corrected chi connectivity index (χ1v) is 9.75. The molecular weight excluding hydrogens is 348 g/mol. The molecule has 138 valence electrons. The molecule has 0 fully saturated rings. The Morgan fingerprint density at radius 2 is 1.77 bits per heavy atom. The minimum Gasteiger partial charge on any atom is -0.493 e. The number of rotatable bonds is 8. The molecule has 0 aliphatic rings. The van der Waals surface area contributed by atoms with Crippen molar-refractivity contribution >= 4 is 22.7 Å². The second-order valence-corrected chi connectivity index (χ2v) is 6.78. The summed E-state index contributed by atoms with van der Waals surface area (Å²) in [6.07, 6.45) is 4.08. The average molecular weight is 372 g/mol. The van der Waals surface area contributed by atoms with E-state index in [0.29, 0.717) is 11.5 Å². The molecule has 0 saturated heterocycles. The number of ether oxygens (including phenoxy) is 3. The Morgan fingerprint density at radius 1 is 0.962 bits per heavy atom. The van der Waals surface area contributed by atoms with Crippen LogP contribution in [0, 0.1) is 0 Å². The quantitative estimate of drug-likeness (QED) is 0.390. The summed E-state index contributed by atoms with van der Waals surface area (Å²) >= 11 is 1.70. The molecule has 5 heteroatoms. The summed E-state index contributed by atoms with van der Waals surface area (Å²) in [4.78, 5) is 1.14. The maximum Gasteiger partial charge on any atom is 0.161 e. The van der Waals surface area contributed by atoms with E-state index in [-0.39, 0.29) is 0 Å². The molecule has 0 radical (unpaired) electrons. The van der Waals surface area contributed by atoms with Gasteiger partial charge in [-0.2, -0.15) is 0 Å². The van der Waals surface area contributed by atoms with Gasteiger partial charge in [-0.25, -0.2) is 0 Å². The molecule has 0 N–H and O–H groups in total. The molecule has 0 bridgehead atoms. The lowest BCUT2D eigenvalue weighted by atomic mass is 10.1. The number of aryl methyl sites for hydroxylation is 1. The van der Waals surface area contributed by atoms with Crippen LogP contribution in [0.5, 0.6) is 11.5 Å². The van der Waals surface area contributed by atoms with Crippen molar-refractivity contribution < 1.29 is 18.6 Å². The minimum atomic E-state index is 0.692. The third-order valence-electron chi connectivity index (χ3n) is 4.37. The molecule has 1 aromatic heterocycles. The largest absolute Gasteiger partial charge is 0.493 e. The third kappa shape index (κ3) is 3.69. The van der Waals surface area contributed by atoms with E-state index in [0.717, 1.165) is 46.6 Å². The van der Waals surface area contributed by atoms with Crippen molar-refractivity contribution in [3.05, 3.63) is 42.0 Å². The Bertz CT molecular complexity index is 885. The van der Waals surface area contributed by atoms with Crippen LogP contribution in [0.1, 0.15) is 12.0 Å². The van der Waals surface area contributed by atoms with Crippen LogP contribution in [0.4, 0.5) is 0 Å². The number of hydrogen-bond acceptors (Lipinski definition) is 5. The standard InChI is InChI=1S/C21H24O4S/c1-22-11-5-6-14-7-9-17-16(12-14)21(26-4)20(25-17)15-8-10-18(23-2)19(13-15)24-3/h7-10,12-13H,5-6,11H2,1-4H3. The highest BCUT2D eigenvalue weighted by Crippen LogP contribution is 2.42. The number of hydrogen-bond donors (Lipinski definition) is 0. The summed E-state index contributed by atoms with van der Waals surface area (Å²) in [7, 11) is 5.01. The second kappa shape index (κ2) is 8.52. The SMILES string of the molecule is COCCCc1ccc2oc(-c3ccc(OC)c(OC)c3)c(SC)c2c1. The van der Waals surface area contributed by atoms with E-state index in [1.165, 1.54) is 5.56 Å². The molecule has 4 nitrogen and oxygen atoms in total. The van der Waals surface area contributed by atoms with Gasteiger partial charge >= 0.3 is 0 Å². The van der Waals surface area contributed by atoms with Crippen molar-refractivity contribution in [3.8, 4) is 22.8 Å². The fourth-order valence-corrected chi connectivity index (χ4v) is 3.79. The van der Waals surface area contributed by atoms with Gasteiger partial charge in [-0.05, 0) is 55.0 Å². The first-order valence-electron chi connectivity index (χ1n) is 8.52. The monoisotopic (exact) mass is 372 g/mol. The van der Waals surface area contributed by atoms with Crippen LogP contribution in [0.25, 0.3) is 22.3 Å². The average Bonchev–Trinajstić information content (AvgIpc) is 3.05. The molecule has 0 atom stereocenters. The molecule has 26 heavy (non-hydrogen) atoms. The van der Waals surface area contributed by atoms with Gasteiger partial charge in [0.1, 0.15) is 11.3 Å². The van der Waals surface area contributed by atoms with Crippen LogP contribution in [0.2, 0.25) is 0 Å². The maximum atomic E-state index is 6.19. The number of fused-ring (bicyclic) bond motifs is 1. The number of furan rings is 1. The maximum absolute atomic E-state index is 6.19. The van der Waals surface area contributed by atoms with Gasteiger partial charge in [0.05, 0.1) is 19.1 Å². The first-order chi connectivity index (χ1) is 12.7. The van der Waals surface area contributed by atoms with E-state index in [1.54, 1.807) is 33.1 Å². The highest BCUT2D eigenvalue weighted by Gasteiger charge is 2.17. The molecule has 0 aliphatic heterocycles. The van der Waals surface area contributed by atoms with Gasteiger partial charge in [0.15, 0.2) is 11.5 Å². The summed E-state index contributed by atoms with van der Waals surface area (Å²) < 4.78 is 22.1. The fraction of sp³-hybridized carbons (Fsp3) is 0.333. The number of thioether (sulfide) groups is 1. The number of methoxy groups -OCH3 is 3. The van der Waals surface area contributed by atoms with Crippen molar-refractivity contribution in [2.24, 2.45) is 0 Å². The van der Waals surface area contributed by atoms with Gasteiger partial charge in [0, 0.05) is 24.7 Å². The van der Waals surface area contributed by atoms with Crippen molar-refractivity contribution in [1.29, 1.82) is 0 Å². The van der Waals surface area contributed by atoms with E-state index in [1.807, 2.05) is 18.2 Å². The molecule has 0 amide bonds. The van der Waals surface area contributed by atoms with Gasteiger partial charge in [0.25, 0.3) is 0 Å². The van der Waals surface area contributed by atoms with E-state index in [2.05, 4.69) is 24.5 Å². The van der Waals surface area contributed by atoms with Crippen molar-refractivity contribution in [3.63, 3.8) is 0 Å². The van der Waals surface area contributed by atoms with E-state index >= 15 is 0 Å². The van der Waals surface area contributed by atoms with E-state index in [4.69, 9.17) is 18.6 Å². The van der Waals surface area contributed by atoms with E-state index < -0.39 is 0 Å². The van der Waals surface area contributed by atoms with Crippen LogP contribution in [-0.4, -0.2) is 34.2 Å². The summed E-state index contributed by atoms with van der Waals surface area (Å²) in [5.41, 5.74) is 3.17. The van der Waals surface area contributed by atoms with Crippen LogP contribution < -0.4 is 9.47 Å². The minimum absolute atomic E-state index is 0.692. The lowest BCUT2D eigenvalue weighted by molar-refractivity contribution is 0.195. The predicted octanol–water partition coefficient (Wildman–Crippen LogP) is 5.42. The lowest BCUT2D eigenvalue weighted by Crippen LogP contribution is -1.92. The number of benzene rings is 2. The van der Waals surface area contributed by atoms with Gasteiger partial charge in [0.2, 0.25) is 0 Å². The van der Waals surface area contributed by atoms with Crippen LogP contribution in [0.15, 0.2) is 45.7 Å². The van der Waals surface area contributed by atoms with Gasteiger partial charge in [-0.15, -0.1) is 11.8 Å². The van der Waals surface area contributed by atoms with Crippen LogP contribution in [-0.2, 0) is 11.2 Å². The Balaban J connectivity index is 2.03. The molecule has 1 heterocycles. The van der Waals surface area contributed by atoms with Crippen LogP contribution in [0.3, 0.4) is 0 Å². The van der Waals surface area contributed by atoms with Gasteiger partial charge < -0.3 is 18.6 Å². The Kier molecular flexibility index (Phi) is 6.12. The Morgan fingerprint density at radius 3 is 2.46 bits per heavy atom. The molecule has 2 aromatic carbocycles. The zero-order valence-electron chi connectivity index (χ0n) is 15.6. The van der Waals surface area contributed by atoms with Crippen molar-refractivity contribution in [2.45, 2.75) is 17.7 Å². The molecule has 0 aliphatic carbocycles. The predicted molar refractivity (Wildman–Crippen MR) is 107 cm³/mol. The lowest BCUT2D eigenvalue weighted by Gasteiger charge is -2.09. The van der Waals surface area contributed by atoms with Crippen molar-refractivity contribution in [1.82, 2.24) is 0 Å². The molecule has 0 spiro atoms. The summed E-state index contributed by atoms with van der Waals surface area (Å²) in [6.45, 7) is 0.774. The molecule has 0 saturated carbocycles. The Hall–Kier alpha value is -2.11. The summed E-state index contributed by atoms with van der Waals surface area (Å²) in [5.74, 6) is 2.26. The first kappa shape index (κ1) is 18.7. The topological polar surface area (TPSA) is 40.8 Å². The zero-order valence-corrected chi connectivity index (χ0v) is 16.4. The summed E-state index contributed by atoms with van der Waals surface area (Å²) in [6, 6.07) is 12.3. The molecule has 0 unspecified atom stereocenters. The second-order valence-electron chi connectivity index (χ2n) is 5.96. The van der Waals surface area contributed by atoms with Crippen molar-refractivity contribution in [2.75, 3.05) is 34.2 Å². The van der Waals surface area contributed by atoms with E-state index in [9.17, 15) is 0 Å². The Labute approximate surface area is 158 Å².